The first-order valence-electron chi connectivity index (χ1n) is 7.34. The number of ether oxygens (including phenoxy) is 3. The minimum atomic E-state index is 0.0936. The Bertz CT molecular complexity index is 496. The summed E-state index contributed by atoms with van der Waals surface area (Å²) in [4.78, 5) is 0. The number of nitriles is 1. The molecule has 0 aliphatic rings. The van der Waals surface area contributed by atoms with Crippen LogP contribution >= 0.6 is 0 Å². The Balaban J connectivity index is 2.72. The fraction of sp³-hybridized carbons (Fsp3) is 0.588. The van der Waals surface area contributed by atoms with Crippen molar-refractivity contribution in [1.29, 1.82) is 5.26 Å². The van der Waals surface area contributed by atoms with Crippen LogP contribution in [-0.4, -0.2) is 27.9 Å². The van der Waals surface area contributed by atoms with E-state index in [0.29, 0.717) is 30.2 Å². The number of benzene rings is 1. The van der Waals surface area contributed by atoms with E-state index in [0.717, 1.165) is 18.5 Å². The van der Waals surface area contributed by atoms with Crippen LogP contribution in [0.5, 0.6) is 17.2 Å². The second kappa shape index (κ2) is 8.50. The molecule has 0 aromatic heterocycles. The molecule has 1 aromatic rings. The SMILES string of the molecule is COc1cc(CNCC(C)(C)CCC#N)cc(OC)c1OC. The molecule has 5 nitrogen and oxygen atoms in total. The molecule has 22 heavy (non-hydrogen) atoms. The van der Waals surface area contributed by atoms with E-state index in [1.54, 1.807) is 21.3 Å². The first-order chi connectivity index (χ1) is 10.5. The molecule has 0 aliphatic heterocycles. The quantitative estimate of drug-likeness (QED) is 0.759. The third-order valence-corrected chi connectivity index (χ3v) is 3.57. The van der Waals surface area contributed by atoms with Crippen LogP contribution in [0.25, 0.3) is 0 Å². The Morgan fingerprint density at radius 1 is 1.09 bits per heavy atom. The number of methoxy groups -OCH3 is 3. The van der Waals surface area contributed by atoms with E-state index in [9.17, 15) is 0 Å². The van der Waals surface area contributed by atoms with Crippen molar-refractivity contribution in [1.82, 2.24) is 5.32 Å². The summed E-state index contributed by atoms with van der Waals surface area (Å²) < 4.78 is 16.0. The van der Waals surface area contributed by atoms with Crippen LogP contribution in [0, 0.1) is 16.7 Å². The van der Waals surface area contributed by atoms with Gasteiger partial charge in [-0.3, -0.25) is 0 Å². The lowest BCUT2D eigenvalue weighted by molar-refractivity contribution is 0.315. The Labute approximate surface area is 133 Å². The van der Waals surface area contributed by atoms with Crippen molar-refractivity contribution in [2.75, 3.05) is 27.9 Å². The maximum atomic E-state index is 8.69. The van der Waals surface area contributed by atoms with Gasteiger partial charge in [0.1, 0.15) is 0 Å². The van der Waals surface area contributed by atoms with Crippen molar-refractivity contribution in [2.45, 2.75) is 33.2 Å². The van der Waals surface area contributed by atoms with Gasteiger partial charge >= 0.3 is 0 Å². The summed E-state index contributed by atoms with van der Waals surface area (Å²) in [6, 6.07) is 6.08. The molecule has 1 aromatic carbocycles. The monoisotopic (exact) mass is 306 g/mol. The molecule has 0 saturated heterocycles. The topological polar surface area (TPSA) is 63.5 Å². The van der Waals surface area contributed by atoms with Crippen molar-refractivity contribution >= 4 is 0 Å². The van der Waals surface area contributed by atoms with Gasteiger partial charge in [0.25, 0.3) is 0 Å². The highest BCUT2D eigenvalue weighted by Crippen LogP contribution is 2.38. The highest BCUT2D eigenvalue weighted by molar-refractivity contribution is 5.53. The lowest BCUT2D eigenvalue weighted by Crippen LogP contribution is -2.29. The normalized spacial score (nSPS) is 10.9. The lowest BCUT2D eigenvalue weighted by Gasteiger charge is -2.24. The van der Waals surface area contributed by atoms with Crippen molar-refractivity contribution < 1.29 is 14.2 Å². The summed E-state index contributed by atoms with van der Waals surface area (Å²) in [5.41, 5.74) is 1.15. The van der Waals surface area contributed by atoms with Crippen LogP contribution in [0.3, 0.4) is 0 Å². The maximum Gasteiger partial charge on any atom is 0.203 e. The molecule has 0 amide bonds. The van der Waals surface area contributed by atoms with E-state index in [1.807, 2.05) is 12.1 Å². The number of nitrogens with zero attached hydrogens (tertiary/aromatic N) is 1. The van der Waals surface area contributed by atoms with Gasteiger partial charge in [0, 0.05) is 19.5 Å². The number of rotatable bonds is 9. The van der Waals surface area contributed by atoms with Crippen LogP contribution in [0.4, 0.5) is 0 Å². The van der Waals surface area contributed by atoms with E-state index in [4.69, 9.17) is 19.5 Å². The Kier molecular flexibility index (Phi) is 7.00. The molecule has 0 heterocycles. The van der Waals surface area contributed by atoms with Gasteiger partial charge in [0.15, 0.2) is 11.5 Å². The van der Waals surface area contributed by atoms with Crippen LogP contribution in [-0.2, 0) is 6.54 Å². The first-order valence-corrected chi connectivity index (χ1v) is 7.34. The third-order valence-electron chi connectivity index (χ3n) is 3.57. The summed E-state index contributed by atoms with van der Waals surface area (Å²) in [5, 5.41) is 12.1. The van der Waals surface area contributed by atoms with Gasteiger partial charge in [0.2, 0.25) is 5.75 Å². The average molecular weight is 306 g/mol. The van der Waals surface area contributed by atoms with Gasteiger partial charge < -0.3 is 19.5 Å². The standard InChI is InChI=1S/C17H26N2O3/c1-17(2,7-6-8-18)12-19-11-13-9-14(20-3)16(22-5)15(10-13)21-4/h9-10,19H,6-7,11-12H2,1-5H3. The van der Waals surface area contributed by atoms with Crippen molar-refractivity contribution in [3.63, 3.8) is 0 Å². The van der Waals surface area contributed by atoms with E-state index < -0.39 is 0 Å². The van der Waals surface area contributed by atoms with Crippen LogP contribution in [0.15, 0.2) is 12.1 Å². The molecular weight excluding hydrogens is 280 g/mol. The van der Waals surface area contributed by atoms with Gasteiger partial charge in [-0.1, -0.05) is 13.8 Å². The van der Waals surface area contributed by atoms with Gasteiger partial charge in [-0.15, -0.1) is 0 Å². The molecule has 0 atom stereocenters. The van der Waals surface area contributed by atoms with E-state index in [2.05, 4.69) is 25.2 Å². The number of nitrogens with one attached hydrogen (secondary N) is 1. The highest BCUT2D eigenvalue weighted by atomic mass is 16.5. The van der Waals surface area contributed by atoms with Gasteiger partial charge in [-0.05, 0) is 29.5 Å². The molecule has 0 fully saturated rings. The second-order valence-corrected chi connectivity index (χ2v) is 5.96. The van der Waals surface area contributed by atoms with Crippen LogP contribution < -0.4 is 19.5 Å². The summed E-state index contributed by atoms with van der Waals surface area (Å²) in [6.45, 7) is 5.86. The first kappa shape index (κ1) is 18.1. The van der Waals surface area contributed by atoms with Crippen molar-refractivity contribution in [2.24, 2.45) is 5.41 Å². The third kappa shape index (κ3) is 5.12. The molecule has 0 aliphatic carbocycles. The zero-order chi connectivity index (χ0) is 16.6. The van der Waals surface area contributed by atoms with Crippen molar-refractivity contribution in [3.05, 3.63) is 17.7 Å². The molecular formula is C17H26N2O3. The highest BCUT2D eigenvalue weighted by Gasteiger charge is 2.17. The number of hydrogen-bond acceptors (Lipinski definition) is 5. The van der Waals surface area contributed by atoms with Crippen LogP contribution in [0.1, 0.15) is 32.3 Å². The largest absolute Gasteiger partial charge is 0.493 e. The van der Waals surface area contributed by atoms with E-state index in [-0.39, 0.29) is 5.41 Å². The Hall–Kier alpha value is -1.93. The maximum absolute atomic E-state index is 8.69. The Morgan fingerprint density at radius 3 is 2.14 bits per heavy atom. The summed E-state index contributed by atoms with van der Waals surface area (Å²) in [6.07, 6.45) is 1.46. The van der Waals surface area contributed by atoms with Gasteiger partial charge in [-0.2, -0.15) is 5.26 Å². The van der Waals surface area contributed by atoms with Crippen molar-refractivity contribution in [3.8, 4) is 23.3 Å². The molecule has 0 radical (unpaired) electrons. The smallest absolute Gasteiger partial charge is 0.203 e. The summed E-state index contributed by atoms with van der Waals surface area (Å²) in [7, 11) is 4.81. The zero-order valence-corrected chi connectivity index (χ0v) is 14.2. The summed E-state index contributed by atoms with van der Waals surface area (Å²) >= 11 is 0. The summed E-state index contributed by atoms with van der Waals surface area (Å²) in [5.74, 6) is 1.91. The molecule has 0 bridgehead atoms. The molecule has 1 rings (SSSR count). The molecule has 0 saturated carbocycles. The molecule has 5 heteroatoms. The molecule has 0 unspecified atom stereocenters. The average Bonchev–Trinajstić information content (AvgIpc) is 2.51. The van der Waals surface area contributed by atoms with E-state index in [1.165, 1.54) is 0 Å². The second-order valence-electron chi connectivity index (χ2n) is 5.96. The predicted molar refractivity (Wildman–Crippen MR) is 86.4 cm³/mol. The van der Waals surface area contributed by atoms with Gasteiger partial charge in [-0.25, -0.2) is 0 Å². The molecule has 1 N–H and O–H groups in total. The molecule has 0 spiro atoms. The fourth-order valence-corrected chi connectivity index (χ4v) is 2.27. The zero-order valence-electron chi connectivity index (χ0n) is 14.2. The van der Waals surface area contributed by atoms with Gasteiger partial charge in [0.05, 0.1) is 27.4 Å². The minimum Gasteiger partial charge on any atom is -0.493 e. The van der Waals surface area contributed by atoms with E-state index >= 15 is 0 Å². The number of hydrogen-bond donors (Lipinski definition) is 1. The predicted octanol–water partition coefficient (Wildman–Crippen LogP) is 3.13. The minimum absolute atomic E-state index is 0.0936. The lowest BCUT2D eigenvalue weighted by atomic mass is 9.88. The molecule has 122 valence electrons. The van der Waals surface area contributed by atoms with Crippen LogP contribution in [0.2, 0.25) is 0 Å². The Morgan fingerprint density at radius 2 is 1.68 bits per heavy atom. The fourth-order valence-electron chi connectivity index (χ4n) is 2.27.